The van der Waals surface area contributed by atoms with Crippen LogP contribution in [-0.2, 0) is 4.74 Å². The van der Waals surface area contributed by atoms with Crippen molar-refractivity contribution in [2.45, 2.75) is 33.0 Å². The first-order chi connectivity index (χ1) is 6.15. The molecule has 0 amide bonds. The van der Waals surface area contributed by atoms with E-state index < -0.39 is 6.10 Å². The van der Waals surface area contributed by atoms with E-state index in [0.717, 1.165) is 4.88 Å². The molecule has 0 bridgehead atoms. The number of hydrogen-bond donors (Lipinski definition) is 1. The molecule has 3 heteroatoms. The Morgan fingerprint density at radius 3 is 2.69 bits per heavy atom. The van der Waals surface area contributed by atoms with Gasteiger partial charge in [-0.15, -0.1) is 11.3 Å². The second kappa shape index (κ2) is 4.74. The van der Waals surface area contributed by atoms with Gasteiger partial charge in [0.1, 0.15) is 6.10 Å². The van der Waals surface area contributed by atoms with Crippen LogP contribution in [-0.4, -0.2) is 17.8 Å². The van der Waals surface area contributed by atoms with Crippen LogP contribution in [0.4, 0.5) is 0 Å². The lowest BCUT2D eigenvalue weighted by molar-refractivity contribution is -0.0211. The van der Waals surface area contributed by atoms with E-state index in [1.54, 1.807) is 11.3 Å². The van der Waals surface area contributed by atoms with E-state index in [1.165, 1.54) is 4.88 Å². The number of thiophene rings is 1. The minimum Gasteiger partial charge on any atom is -0.385 e. The molecule has 2 atom stereocenters. The van der Waals surface area contributed by atoms with Gasteiger partial charge in [-0.1, -0.05) is 0 Å². The standard InChI is InChI=1S/C10H16O2S/c1-4-12-8(3)10(11)9-6-5-7(2)13-9/h5-6,8,10-11H,4H2,1-3H3. The fourth-order valence-corrected chi connectivity index (χ4v) is 2.15. The molecule has 0 aliphatic heterocycles. The molecule has 0 fully saturated rings. The molecule has 74 valence electrons. The van der Waals surface area contributed by atoms with Crippen molar-refractivity contribution in [2.24, 2.45) is 0 Å². The van der Waals surface area contributed by atoms with E-state index in [4.69, 9.17) is 4.74 Å². The third-order valence-electron chi connectivity index (χ3n) is 1.93. The van der Waals surface area contributed by atoms with Crippen molar-refractivity contribution in [3.63, 3.8) is 0 Å². The zero-order valence-corrected chi connectivity index (χ0v) is 9.10. The van der Waals surface area contributed by atoms with E-state index in [0.29, 0.717) is 6.61 Å². The summed E-state index contributed by atoms with van der Waals surface area (Å²) in [5, 5.41) is 9.82. The quantitative estimate of drug-likeness (QED) is 0.809. The van der Waals surface area contributed by atoms with Gasteiger partial charge in [-0.05, 0) is 32.9 Å². The first-order valence-electron chi connectivity index (χ1n) is 4.51. The molecule has 1 N–H and O–H groups in total. The first kappa shape index (κ1) is 10.7. The summed E-state index contributed by atoms with van der Waals surface area (Å²) in [5.41, 5.74) is 0. The topological polar surface area (TPSA) is 29.5 Å². The van der Waals surface area contributed by atoms with Crippen molar-refractivity contribution in [1.82, 2.24) is 0 Å². The Morgan fingerprint density at radius 1 is 1.54 bits per heavy atom. The smallest absolute Gasteiger partial charge is 0.114 e. The van der Waals surface area contributed by atoms with Gasteiger partial charge >= 0.3 is 0 Å². The molecule has 0 spiro atoms. The summed E-state index contributed by atoms with van der Waals surface area (Å²) >= 11 is 1.62. The van der Waals surface area contributed by atoms with Crippen LogP contribution in [0.1, 0.15) is 29.7 Å². The van der Waals surface area contributed by atoms with Gasteiger partial charge < -0.3 is 9.84 Å². The summed E-state index contributed by atoms with van der Waals surface area (Å²) in [5.74, 6) is 0. The highest BCUT2D eigenvalue weighted by molar-refractivity contribution is 7.12. The lowest BCUT2D eigenvalue weighted by Crippen LogP contribution is -2.17. The van der Waals surface area contributed by atoms with Gasteiger partial charge in [-0.2, -0.15) is 0 Å². The number of rotatable bonds is 4. The monoisotopic (exact) mass is 200 g/mol. The van der Waals surface area contributed by atoms with Crippen LogP contribution in [0.2, 0.25) is 0 Å². The van der Waals surface area contributed by atoms with Crippen LogP contribution in [0.3, 0.4) is 0 Å². The van der Waals surface area contributed by atoms with E-state index in [1.807, 2.05) is 32.9 Å². The SMILES string of the molecule is CCOC(C)C(O)c1ccc(C)s1. The molecule has 0 radical (unpaired) electrons. The van der Waals surface area contributed by atoms with E-state index in [2.05, 4.69) is 0 Å². The molecular weight excluding hydrogens is 184 g/mol. The molecule has 1 heterocycles. The highest BCUT2D eigenvalue weighted by Crippen LogP contribution is 2.26. The highest BCUT2D eigenvalue weighted by atomic mass is 32.1. The average Bonchev–Trinajstić information content (AvgIpc) is 2.51. The lowest BCUT2D eigenvalue weighted by Gasteiger charge is -2.17. The molecule has 0 aliphatic carbocycles. The van der Waals surface area contributed by atoms with E-state index in [-0.39, 0.29) is 6.10 Å². The normalized spacial score (nSPS) is 15.7. The second-order valence-corrected chi connectivity index (χ2v) is 4.37. The molecule has 13 heavy (non-hydrogen) atoms. The molecule has 1 aromatic heterocycles. The number of aliphatic hydroxyl groups is 1. The maximum absolute atomic E-state index is 9.82. The van der Waals surface area contributed by atoms with Crippen LogP contribution in [0, 0.1) is 6.92 Å². The third-order valence-corrected chi connectivity index (χ3v) is 3.00. The molecule has 1 aromatic rings. The van der Waals surface area contributed by atoms with Gasteiger partial charge in [0.15, 0.2) is 0 Å². The highest BCUT2D eigenvalue weighted by Gasteiger charge is 2.17. The molecule has 0 aromatic carbocycles. The first-order valence-corrected chi connectivity index (χ1v) is 5.32. The van der Waals surface area contributed by atoms with Gasteiger partial charge in [0.2, 0.25) is 0 Å². The molecule has 2 unspecified atom stereocenters. The summed E-state index contributed by atoms with van der Waals surface area (Å²) in [6.45, 7) is 6.50. The Bertz CT molecular complexity index is 257. The predicted octanol–water partition coefficient (Wildman–Crippen LogP) is 2.51. The fraction of sp³-hybridized carbons (Fsp3) is 0.600. The molecule has 0 saturated carbocycles. The van der Waals surface area contributed by atoms with Crippen molar-refractivity contribution in [3.05, 3.63) is 21.9 Å². The molecule has 0 saturated heterocycles. The van der Waals surface area contributed by atoms with Crippen molar-refractivity contribution in [3.8, 4) is 0 Å². The molecular formula is C10H16O2S. The van der Waals surface area contributed by atoms with Crippen molar-refractivity contribution < 1.29 is 9.84 Å². The predicted molar refractivity (Wildman–Crippen MR) is 55.1 cm³/mol. The van der Waals surface area contributed by atoms with Crippen LogP contribution in [0.25, 0.3) is 0 Å². The largest absolute Gasteiger partial charge is 0.385 e. The van der Waals surface area contributed by atoms with Crippen LogP contribution < -0.4 is 0 Å². The minimum atomic E-state index is -0.487. The number of aliphatic hydroxyl groups excluding tert-OH is 1. The van der Waals surface area contributed by atoms with Crippen LogP contribution in [0.5, 0.6) is 0 Å². The Kier molecular flexibility index (Phi) is 3.90. The van der Waals surface area contributed by atoms with Crippen LogP contribution in [0.15, 0.2) is 12.1 Å². The molecule has 1 rings (SSSR count). The van der Waals surface area contributed by atoms with Crippen LogP contribution >= 0.6 is 11.3 Å². The Labute approximate surface area is 83.2 Å². The zero-order valence-electron chi connectivity index (χ0n) is 8.28. The van der Waals surface area contributed by atoms with Gasteiger partial charge in [-0.3, -0.25) is 0 Å². The summed E-state index contributed by atoms with van der Waals surface area (Å²) in [6, 6.07) is 3.97. The summed E-state index contributed by atoms with van der Waals surface area (Å²) in [6.07, 6.45) is -0.610. The zero-order chi connectivity index (χ0) is 9.84. The Hall–Kier alpha value is -0.380. The minimum absolute atomic E-state index is 0.122. The lowest BCUT2D eigenvalue weighted by atomic mass is 10.2. The van der Waals surface area contributed by atoms with Gasteiger partial charge in [0, 0.05) is 16.4 Å². The fourth-order valence-electron chi connectivity index (χ4n) is 1.20. The van der Waals surface area contributed by atoms with Crippen molar-refractivity contribution in [1.29, 1.82) is 0 Å². The average molecular weight is 200 g/mol. The molecule has 0 aliphatic rings. The van der Waals surface area contributed by atoms with Gasteiger partial charge in [0.05, 0.1) is 6.10 Å². The Balaban J connectivity index is 2.61. The Morgan fingerprint density at radius 2 is 2.23 bits per heavy atom. The second-order valence-electron chi connectivity index (χ2n) is 3.05. The van der Waals surface area contributed by atoms with E-state index in [9.17, 15) is 5.11 Å². The maximum Gasteiger partial charge on any atom is 0.114 e. The van der Waals surface area contributed by atoms with Gasteiger partial charge in [-0.25, -0.2) is 0 Å². The number of hydrogen-bond acceptors (Lipinski definition) is 3. The number of aryl methyl sites for hydroxylation is 1. The molecule has 2 nitrogen and oxygen atoms in total. The van der Waals surface area contributed by atoms with Crippen molar-refractivity contribution in [2.75, 3.05) is 6.61 Å². The summed E-state index contributed by atoms with van der Waals surface area (Å²) in [7, 11) is 0. The summed E-state index contributed by atoms with van der Waals surface area (Å²) < 4.78 is 5.32. The summed E-state index contributed by atoms with van der Waals surface area (Å²) in [4.78, 5) is 2.20. The van der Waals surface area contributed by atoms with Crippen molar-refractivity contribution >= 4 is 11.3 Å². The number of ether oxygens (including phenoxy) is 1. The maximum atomic E-state index is 9.82. The van der Waals surface area contributed by atoms with Gasteiger partial charge in [0.25, 0.3) is 0 Å². The van der Waals surface area contributed by atoms with E-state index >= 15 is 0 Å². The third kappa shape index (κ3) is 2.79.